The summed E-state index contributed by atoms with van der Waals surface area (Å²) in [6, 6.07) is 9.70. The van der Waals surface area contributed by atoms with Crippen molar-refractivity contribution >= 4 is 12.1 Å². The molecule has 3 saturated heterocycles. The normalized spacial score (nSPS) is 31.1. The van der Waals surface area contributed by atoms with E-state index in [9.17, 15) is 9.59 Å². The molecule has 1 unspecified atom stereocenters. The van der Waals surface area contributed by atoms with Gasteiger partial charge < -0.3 is 14.0 Å². The van der Waals surface area contributed by atoms with Crippen molar-refractivity contribution in [2.45, 2.75) is 63.6 Å². The van der Waals surface area contributed by atoms with Crippen molar-refractivity contribution in [3.63, 3.8) is 0 Å². The second kappa shape index (κ2) is 9.38. The lowest BCUT2D eigenvalue weighted by Crippen LogP contribution is -2.61. The van der Waals surface area contributed by atoms with Crippen molar-refractivity contribution < 1.29 is 23.5 Å². The number of hydrogen-bond acceptors (Lipinski definition) is 4. The minimum atomic E-state index is -0.510. The van der Waals surface area contributed by atoms with E-state index in [1.807, 2.05) is 30.3 Å². The predicted octanol–water partition coefficient (Wildman–Crippen LogP) is 3.74. The van der Waals surface area contributed by atoms with E-state index in [4.69, 9.17) is 9.47 Å². The third-order valence-corrected chi connectivity index (χ3v) is 7.41. The molecule has 3 heterocycles. The maximum absolute atomic E-state index is 12.8. The maximum Gasteiger partial charge on any atom is 0.410 e. The number of nitrogens with zero attached hydrogens (tertiary/aromatic N) is 2. The zero-order chi connectivity index (χ0) is 21.0. The van der Waals surface area contributed by atoms with Crippen LogP contribution in [-0.2, 0) is 20.9 Å². The Kier molecular flexibility index (Phi) is 6.61. The molecule has 0 N–H and O–H groups in total. The van der Waals surface area contributed by atoms with Crippen molar-refractivity contribution in [3.8, 4) is 0 Å². The second-order valence-electron chi connectivity index (χ2n) is 9.41. The molecule has 1 amide bonds. The quantitative estimate of drug-likeness (QED) is 0.543. The fraction of sp³-hybridized carbons (Fsp3) is 0.667. The predicted molar refractivity (Wildman–Crippen MR) is 114 cm³/mol. The monoisotopic (exact) mass is 415 g/mol. The molecule has 0 aromatic heterocycles. The van der Waals surface area contributed by atoms with Crippen LogP contribution in [0.15, 0.2) is 30.3 Å². The molecular weight excluding hydrogens is 380 g/mol. The largest absolute Gasteiger partial charge is 0.464 e. The first-order chi connectivity index (χ1) is 14.6. The molecule has 0 aliphatic carbocycles. The lowest BCUT2D eigenvalue weighted by Gasteiger charge is -2.51. The summed E-state index contributed by atoms with van der Waals surface area (Å²) in [5.74, 6) is 0.174. The number of esters is 1. The first-order valence-electron chi connectivity index (χ1n) is 11.5. The van der Waals surface area contributed by atoms with Crippen molar-refractivity contribution in [3.05, 3.63) is 35.9 Å². The van der Waals surface area contributed by atoms with E-state index in [-0.39, 0.29) is 12.6 Å². The molecule has 6 heteroatoms. The average molecular weight is 416 g/mol. The number of carbonyl (C=O) groups excluding carboxylic acids is 2. The molecule has 6 nitrogen and oxygen atoms in total. The highest BCUT2D eigenvalue weighted by Crippen LogP contribution is 2.36. The molecule has 0 spiro atoms. The number of rotatable bonds is 5. The summed E-state index contributed by atoms with van der Waals surface area (Å²) in [4.78, 5) is 27.0. The highest BCUT2D eigenvalue weighted by molar-refractivity contribution is 5.82. The average Bonchev–Trinajstić information content (AvgIpc) is 3.26. The standard InChI is InChI=1S/C24H35N2O4/c1-26-15-6-5-13-22(26)20(11-8-16-26)18-29-23(27)21-12-7-14-25(21)24(28)30-17-19-9-3-2-4-10-19/h2-4,9-10,20-22H,5-8,11-18H2,1H3/q+1/t20-,21-,22-,26?/m1/s1. The van der Waals surface area contributed by atoms with E-state index in [1.165, 1.54) is 38.8 Å². The number of piperidine rings is 2. The van der Waals surface area contributed by atoms with E-state index < -0.39 is 12.1 Å². The highest BCUT2D eigenvalue weighted by atomic mass is 16.6. The molecule has 4 atom stereocenters. The van der Waals surface area contributed by atoms with Gasteiger partial charge in [0.05, 0.1) is 32.8 Å². The molecule has 0 radical (unpaired) electrons. The number of fused-ring (bicyclic) bond motifs is 1. The molecule has 1 aromatic rings. The summed E-state index contributed by atoms with van der Waals surface area (Å²) < 4.78 is 12.4. The van der Waals surface area contributed by atoms with E-state index in [0.717, 1.165) is 22.9 Å². The van der Waals surface area contributed by atoms with Gasteiger partial charge in [0.15, 0.2) is 0 Å². The summed E-state index contributed by atoms with van der Waals surface area (Å²) in [7, 11) is 2.37. The third-order valence-electron chi connectivity index (χ3n) is 7.41. The minimum Gasteiger partial charge on any atom is -0.464 e. The van der Waals surface area contributed by atoms with Gasteiger partial charge >= 0.3 is 12.1 Å². The Bertz CT molecular complexity index is 736. The van der Waals surface area contributed by atoms with Gasteiger partial charge in [0.25, 0.3) is 0 Å². The molecule has 0 saturated carbocycles. The summed E-state index contributed by atoms with van der Waals surface area (Å²) in [5, 5.41) is 0. The van der Waals surface area contributed by atoms with Crippen molar-refractivity contribution in [2.75, 3.05) is 33.3 Å². The van der Waals surface area contributed by atoms with Crippen LogP contribution < -0.4 is 0 Å². The number of likely N-dealkylation sites (tertiary alicyclic amines) is 1. The van der Waals surface area contributed by atoms with Crippen LogP contribution in [0.1, 0.15) is 50.5 Å². The lowest BCUT2D eigenvalue weighted by molar-refractivity contribution is -0.947. The van der Waals surface area contributed by atoms with E-state index in [1.54, 1.807) is 4.90 Å². The van der Waals surface area contributed by atoms with Crippen LogP contribution in [0, 0.1) is 5.92 Å². The number of carbonyl (C=O) groups is 2. The summed E-state index contributed by atoms with van der Waals surface area (Å²) in [6.45, 7) is 3.75. The van der Waals surface area contributed by atoms with Gasteiger partial charge in [0.2, 0.25) is 0 Å². The Hall–Kier alpha value is -2.08. The molecule has 1 aromatic carbocycles. The highest BCUT2D eigenvalue weighted by Gasteiger charge is 2.44. The van der Waals surface area contributed by atoms with Gasteiger partial charge in [0, 0.05) is 18.9 Å². The Morgan fingerprint density at radius 3 is 2.63 bits per heavy atom. The van der Waals surface area contributed by atoms with E-state index >= 15 is 0 Å². The van der Waals surface area contributed by atoms with Crippen molar-refractivity contribution in [1.82, 2.24) is 4.90 Å². The molecule has 3 fully saturated rings. The van der Waals surface area contributed by atoms with Gasteiger partial charge in [-0.1, -0.05) is 30.3 Å². The molecule has 3 aliphatic heterocycles. The Morgan fingerprint density at radius 2 is 1.80 bits per heavy atom. The van der Waals surface area contributed by atoms with Gasteiger partial charge in [-0.15, -0.1) is 0 Å². The molecular formula is C24H35N2O4+. The summed E-state index contributed by atoms with van der Waals surface area (Å²) in [5.41, 5.74) is 0.940. The van der Waals surface area contributed by atoms with Crippen molar-refractivity contribution in [2.24, 2.45) is 5.92 Å². The fourth-order valence-corrected chi connectivity index (χ4v) is 5.75. The van der Waals surface area contributed by atoms with Crippen LogP contribution in [0.4, 0.5) is 4.79 Å². The molecule has 30 heavy (non-hydrogen) atoms. The number of hydrogen-bond donors (Lipinski definition) is 0. The van der Waals surface area contributed by atoms with Gasteiger partial charge in [-0.05, 0) is 44.1 Å². The van der Waals surface area contributed by atoms with Gasteiger partial charge in [-0.2, -0.15) is 0 Å². The van der Waals surface area contributed by atoms with Crippen LogP contribution >= 0.6 is 0 Å². The zero-order valence-corrected chi connectivity index (χ0v) is 18.1. The maximum atomic E-state index is 12.8. The first kappa shape index (κ1) is 21.2. The van der Waals surface area contributed by atoms with Crippen LogP contribution in [0.5, 0.6) is 0 Å². The van der Waals surface area contributed by atoms with Crippen LogP contribution in [-0.4, -0.2) is 66.8 Å². The SMILES string of the molecule is C[N+]12CCCC[C@@H]1[C@@H](COC(=O)[C@H]1CCCN1C(=O)OCc1ccccc1)CCC2. The Labute approximate surface area is 179 Å². The molecule has 3 aliphatic rings. The van der Waals surface area contributed by atoms with Gasteiger partial charge in [-0.3, -0.25) is 4.90 Å². The van der Waals surface area contributed by atoms with Crippen LogP contribution in [0.3, 0.4) is 0 Å². The smallest absolute Gasteiger partial charge is 0.410 e. The zero-order valence-electron chi connectivity index (χ0n) is 18.1. The summed E-state index contributed by atoms with van der Waals surface area (Å²) in [6.07, 6.45) is 7.21. The fourth-order valence-electron chi connectivity index (χ4n) is 5.75. The Balaban J connectivity index is 1.29. The van der Waals surface area contributed by atoms with Crippen LogP contribution in [0.2, 0.25) is 0 Å². The third kappa shape index (κ3) is 4.64. The van der Waals surface area contributed by atoms with Crippen LogP contribution in [0.25, 0.3) is 0 Å². The molecule has 4 rings (SSSR count). The van der Waals surface area contributed by atoms with Gasteiger partial charge in [-0.25, -0.2) is 9.59 Å². The van der Waals surface area contributed by atoms with Crippen molar-refractivity contribution in [1.29, 1.82) is 0 Å². The summed E-state index contributed by atoms with van der Waals surface area (Å²) >= 11 is 0. The second-order valence-corrected chi connectivity index (χ2v) is 9.41. The van der Waals surface area contributed by atoms with E-state index in [2.05, 4.69) is 7.05 Å². The van der Waals surface area contributed by atoms with E-state index in [0.29, 0.717) is 31.5 Å². The van der Waals surface area contributed by atoms with Gasteiger partial charge in [0.1, 0.15) is 12.6 Å². The minimum absolute atomic E-state index is 0.220. The number of amides is 1. The topological polar surface area (TPSA) is 55.8 Å². The number of quaternary nitrogens is 1. The Morgan fingerprint density at radius 1 is 1.00 bits per heavy atom. The number of benzene rings is 1. The first-order valence-corrected chi connectivity index (χ1v) is 11.5. The number of ether oxygens (including phenoxy) is 2. The molecule has 0 bridgehead atoms. The lowest BCUT2D eigenvalue weighted by atomic mass is 9.82. The molecule has 164 valence electrons.